The number of nitrogens with zero attached hydrogens (tertiary/aromatic N) is 2. The van der Waals surface area contributed by atoms with Crippen molar-refractivity contribution in [2.75, 3.05) is 18.0 Å². The lowest BCUT2D eigenvalue weighted by Crippen LogP contribution is -2.55. The van der Waals surface area contributed by atoms with Gasteiger partial charge >= 0.3 is 0 Å². The van der Waals surface area contributed by atoms with Gasteiger partial charge in [0.05, 0.1) is 17.7 Å². The van der Waals surface area contributed by atoms with Crippen molar-refractivity contribution in [3.63, 3.8) is 0 Å². The van der Waals surface area contributed by atoms with Crippen LogP contribution < -0.4 is 14.4 Å². The number of rotatable bonds is 11. The van der Waals surface area contributed by atoms with Gasteiger partial charge in [-0.2, -0.15) is 0 Å². The Morgan fingerprint density at radius 1 is 0.927 bits per heavy atom. The highest BCUT2D eigenvalue weighted by atomic mass is 35.5. The van der Waals surface area contributed by atoms with E-state index in [4.69, 9.17) is 27.9 Å². The molecule has 3 aromatic carbocycles. The van der Waals surface area contributed by atoms with Gasteiger partial charge in [-0.25, -0.2) is 8.42 Å². The van der Waals surface area contributed by atoms with Crippen molar-refractivity contribution in [3.8, 4) is 5.75 Å². The first-order valence-corrected chi connectivity index (χ1v) is 15.2. The predicted octanol–water partition coefficient (Wildman–Crippen LogP) is 5.92. The summed E-state index contributed by atoms with van der Waals surface area (Å²) in [6, 6.07) is 18.4. The van der Waals surface area contributed by atoms with E-state index in [-0.39, 0.29) is 35.2 Å². The van der Waals surface area contributed by atoms with E-state index >= 15 is 0 Å². The third-order valence-electron chi connectivity index (χ3n) is 6.24. The summed E-state index contributed by atoms with van der Waals surface area (Å²) in [4.78, 5) is 29.0. The number of ether oxygens (including phenoxy) is 1. The molecule has 0 unspecified atom stereocenters. The van der Waals surface area contributed by atoms with E-state index in [2.05, 4.69) is 5.32 Å². The van der Waals surface area contributed by atoms with Gasteiger partial charge in [-0.3, -0.25) is 13.9 Å². The molecule has 0 aliphatic rings. The molecule has 8 nitrogen and oxygen atoms in total. The molecule has 0 aliphatic carbocycles. The second-order valence-corrected chi connectivity index (χ2v) is 13.1. The molecule has 0 heterocycles. The highest BCUT2D eigenvalue weighted by molar-refractivity contribution is 7.92. The molecule has 1 atom stereocenters. The molecule has 0 saturated carbocycles. The van der Waals surface area contributed by atoms with Gasteiger partial charge < -0.3 is 15.0 Å². The number of methoxy groups -OCH3 is 1. The van der Waals surface area contributed by atoms with Crippen LogP contribution in [-0.2, 0) is 26.2 Å². The van der Waals surface area contributed by atoms with Gasteiger partial charge in [-0.1, -0.05) is 66.5 Å². The smallest absolute Gasteiger partial charge is 0.264 e. The normalized spacial score (nSPS) is 12.4. The van der Waals surface area contributed by atoms with E-state index in [0.29, 0.717) is 15.6 Å². The van der Waals surface area contributed by atoms with Crippen LogP contribution in [0.15, 0.2) is 77.7 Å². The highest BCUT2D eigenvalue weighted by Crippen LogP contribution is 2.33. The number of anilines is 1. The zero-order valence-corrected chi connectivity index (χ0v) is 26.1. The Kier molecular flexibility index (Phi) is 10.7. The molecule has 0 fully saturated rings. The summed E-state index contributed by atoms with van der Waals surface area (Å²) in [5, 5.41) is 3.57. The lowest BCUT2D eigenvalue weighted by atomic mass is 10.1. The fraction of sp³-hybridized carbons (Fsp3) is 0.333. The fourth-order valence-electron chi connectivity index (χ4n) is 4.29. The Bertz CT molecular complexity index is 1460. The number of nitrogens with one attached hydrogen (secondary N) is 1. The van der Waals surface area contributed by atoms with Crippen molar-refractivity contribution in [1.29, 1.82) is 0 Å². The molecular formula is C30H35Cl2N3O5S. The van der Waals surface area contributed by atoms with Crippen LogP contribution >= 0.6 is 23.2 Å². The van der Waals surface area contributed by atoms with Crippen LogP contribution in [-0.4, -0.2) is 50.4 Å². The van der Waals surface area contributed by atoms with Gasteiger partial charge in [0.2, 0.25) is 11.8 Å². The third-order valence-corrected chi connectivity index (χ3v) is 8.72. The molecule has 41 heavy (non-hydrogen) atoms. The molecule has 0 aliphatic heterocycles. The minimum absolute atomic E-state index is 0.00285. The average molecular weight is 621 g/mol. The summed E-state index contributed by atoms with van der Waals surface area (Å²) >= 11 is 12.9. The van der Waals surface area contributed by atoms with Gasteiger partial charge in [0, 0.05) is 27.7 Å². The van der Waals surface area contributed by atoms with Crippen LogP contribution in [0.4, 0.5) is 5.69 Å². The number of carbonyl (C=O) groups is 2. The first-order chi connectivity index (χ1) is 19.3. The zero-order chi connectivity index (χ0) is 30.4. The van der Waals surface area contributed by atoms with Crippen LogP contribution in [0, 0.1) is 0 Å². The van der Waals surface area contributed by atoms with Gasteiger partial charge in [0.1, 0.15) is 18.3 Å². The minimum Gasteiger partial charge on any atom is -0.495 e. The van der Waals surface area contributed by atoms with Crippen molar-refractivity contribution < 1.29 is 22.7 Å². The minimum atomic E-state index is -4.23. The molecular weight excluding hydrogens is 585 g/mol. The van der Waals surface area contributed by atoms with E-state index < -0.39 is 34.1 Å². The number of sulfonamides is 1. The van der Waals surface area contributed by atoms with E-state index in [1.54, 1.807) is 67.6 Å². The monoisotopic (exact) mass is 619 g/mol. The van der Waals surface area contributed by atoms with Gasteiger partial charge in [0.15, 0.2) is 0 Å². The van der Waals surface area contributed by atoms with Crippen molar-refractivity contribution in [2.24, 2.45) is 0 Å². The molecule has 0 spiro atoms. The van der Waals surface area contributed by atoms with Crippen LogP contribution in [0.2, 0.25) is 10.0 Å². The summed E-state index contributed by atoms with van der Waals surface area (Å²) in [5.41, 5.74) is 0.0533. The Morgan fingerprint density at radius 2 is 1.51 bits per heavy atom. The van der Waals surface area contributed by atoms with Gasteiger partial charge in [0.25, 0.3) is 10.0 Å². The third kappa shape index (κ3) is 7.93. The molecule has 2 amide bonds. The van der Waals surface area contributed by atoms with E-state index in [1.807, 2.05) is 20.8 Å². The number of hydrogen-bond donors (Lipinski definition) is 1. The lowest BCUT2D eigenvalue weighted by Gasteiger charge is -2.35. The van der Waals surface area contributed by atoms with Crippen LogP contribution in [0.3, 0.4) is 0 Å². The predicted molar refractivity (Wildman–Crippen MR) is 163 cm³/mol. The van der Waals surface area contributed by atoms with Gasteiger partial charge in [-0.15, -0.1) is 0 Å². The van der Waals surface area contributed by atoms with Crippen molar-refractivity contribution in [2.45, 2.75) is 57.1 Å². The van der Waals surface area contributed by atoms with Crippen molar-refractivity contribution in [3.05, 3.63) is 88.4 Å². The maximum Gasteiger partial charge on any atom is 0.264 e. The highest BCUT2D eigenvalue weighted by Gasteiger charge is 2.36. The van der Waals surface area contributed by atoms with E-state index in [9.17, 15) is 18.0 Å². The van der Waals surface area contributed by atoms with E-state index in [1.165, 1.54) is 24.1 Å². The van der Waals surface area contributed by atoms with Crippen LogP contribution in [0.1, 0.15) is 39.7 Å². The first-order valence-electron chi connectivity index (χ1n) is 13.0. The average Bonchev–Trinajstić information content (AvgIpc) is 2.92. The van der Waals surface area contributed by atoms with E-state index in [0.717, 1.165) is 4.31 Å². The summed E-state index contributed by atoms with van der Waals surface area (Å²) in [7, 11) is -2.81. The Labute approximate surface area is 252 Å². The Hall–Kier alpha value is -3.27. The molecule has 0 saturated heterocycles. The number of amides is 2. The molecule has 0 aromatic heterocycles. The second kappa shape index (κ2) is 13.6. The lowest BCUT2D eigenvalue weighted by molar-refractivity contribution is -0.141. The second-order valence-electron chi connectivity index (χ2n) is 10.4. The number of hydrogen-bond acceptors (Lipinski definition) is 5. The molecule has 0 bridgehead atoms. The fourth-order valence-corrected chi connectivity index (χ4v) is 6.26. The first kappa shape index (κ1) is 32.2. The molecule has 0 radical (unpaired) electrons. The standard InChI is InChI=1S/C30H35Cl2N3O5S/c1-6-25(29(37)33-30(2,3)4)34(19-22-23(31)15-12-16-24(22)32)28(36)20-35(26-17-10-11-18-27(26)40-5)41(38,39)21-13-8-7-9-14-21/h7-18,25H,6,19-20H2,1-5H3,(H,33,37)/t25-/m1/s1. The topological polar surface area (TPSA) is 96.0 Å². The molecule has 3 rings (SSSR count). The maximum atomic E-state index is 14.2. The van der Waals surface area contributed by atoms with Crippen molar-refractivity contribution >= 4 is 50.7 Å². The summed E-state index contributed by atoms with van der Waals surface area (Å²) < 4.78 is 34.4. The molecule has 3 aromatic rings. The SMILES string of the molecule is CC[C@H](C(=O)NC(C)(C)C)N(Cc1c(Cl)cccc1Cl)C(=O)CN(c1ccccc1OC)S(=O)(=O)c1ccccc1. The summed E-state index contributed by atoms with van der Waals surface area (Å²) in [6.07, 6.45) is 0.260. The quantitative estimate of drug-likeness (QED) is 0.287. The summed E-state index contributed by atoms with van der Waals surface area (Å²) in [5.74, 6) is -0.744. The molecule has 1 N–H and O–H groups in total. The van der Waals surface area contributed by atoms with Gasteiger partial charge in [-0.05, 0) is 63.6 Å². The summed E-state index contributed by atoms with van der Waals surface area (Å²) in [6.45, 7) is 6.57. The number of halogens is 2. The zero-order valence-electron chi connectivity index (χ0n) is 23.7. The maximum absolute atomic E-state index is 14.2. The molecule has 11 heteroatoms. The number of carbonyl (C=O) groups excluding carboxylic acids is 2. The Morgan fingerprint density at radius 3 is 2.07 bits per heavy atom. The largest absolute Gasteiger partial charge is 0.495 e. The van der Waals surface area contributed by atoms with Crippen LogP contribution in [0.5, 0.6) is 5.75 Å². The number of para-hydroxylation sites is 2. The molecule has 220 valence electrons. The van der Waals surface area contributed by atoms with Crippen LogP contribution in [0.25, 0.3) is 0 Å². The number of benzene rings is 3. The Balaban J connectivity index is 2.14. The van der Waals surface area contributed by atoms with Crippen molar-refractivity contribution in [1.82, 2.24) is 10.2 Å².